The van der Waals surface area contributed by atoms with E-state index in [0.717, 1.165) is 24.6 Å². The quantitative estimate of drug-likeness (QED) is 0.608. The number of rotatable bonds is 1. The summed E-state index contributed by atoms with van der Waals surface area (Å²) >= 11 is 0. The van der Waals surface area contributed by atoms with Crippen LogP contribution in [-0.2, 0) is 0 Å². The Kier molecular flexibility index (Phi) is 1.81. The highest BCUT2D eigenvalue weighted by atomic mass is 15.3. The van der Waals surface area contributed by atoms with Gasteiger partial charge in [0.05, 0.1) is 0 Å². The van der Waals surface area contributed by atoms with E-state index < -0.39 is 0 Å². The Labute approximate surface area is 76.8 Å². The second-order valence-corrected chi connectivity index (χ2v) is 3.39. The van der Waals surface area contributed by atoms with Gasteiger partial charge in [0.2, 0.25) is 5.95 Å². The van der Waals surface area contributed by atoms with Crippen molar-refractivity contribution in [3.8, 4) is 0 Å². The van der Waals surface area contributed by atoms with Crippen LogP contribution in [0.4, 0.5) is 11.8 Å². The van der Waals surface area contributed by atoms with Crippen LogP contribution in [0.5, 0.6) is 0 Å². The molecule has 13 heavy (non-hydrogen) atoms. The van der Waals surface area contributed by atoms with Gasteiger partial charge >= 0.3 is 0 Å². The molecular formula is C8H13N5. The van der Waals surface area contributed by atoms with E-state index in [1.807, 2.05) is 13.0 Å². The van der Waals surface area contributed by atoms with Crippen LogP contribution in [0.2, 0.25) is 0 Å². The topological polar surface area (TPSA) is 81.1 Å². The summed E-state index contributed by atoms with van der Waals surface area (Å²) in [5.41, 5.74) is 12.1. The number of aryl methyl sites for hydroxylation is 1. The average molecular weight is 179 g/mol. The first-order valence-corrected chi connectivity index (χ1v) is 4.27. The molecule has 1 fully saturated rings. The molecule has 2 heterocycles. The van der Waals surface area contributed by atoms with E-state index in [-0.39, 0.29) is 6.04 Å². The van der Waals surface area contributed by atoms with Crippen LogP contribution >= 0.6 is 0 Å². The molecule has 0 atom stereocenters. The molecule has 1 aromatic heterocycles. The van der Waals surface area contributed by atoms with Crippen molar-refractivity contribution >= 4 is 11.8 Å². The number of hydrogen-bond donors (Lipinski definition) is 2. The molecule has 0 aliphatic carbocycles. The van der Waals surface area contributed by atoms with Crippen LogP contribution in [-0.4, -0.2) is 29.1 Å². The standard InChI is InChI=1S/C8H13N5/c1-5-2-7(12-8(10)11-5)13-3-6(9)4-13/h2,6H,3-4,9H2,1H3,(H2,10,11,12). The van der Waals surface area contributed by atoms with Crippen molar-refractivity contribution in [3.63, 3.8) is 0 Å². The Bertz CT molecular complexity index is 298. The monoisotopic (exact) mass is 179 g/mol. The maximum Gasteiger partial charge on any atom is 0.222 e. The molecule has 5 nitrogen and oxygen atoms in total. The van der Waals surface area contributed by atoms with Gasteiger partial charge < -0.3 is 16.4 Å². The van der Waals surface area contributed by atoms with E-state index >= 15 is 0 Å². The summed E-state index contributed by atoms with van der Waals surface area (Å²) in [6.45, 7) is 3.62. The van der Waals surface area contributed by atoms with Crippen LogP contribution in [0.25, 0.3) is 0 Å². The molecule has 1 aliphatic heterocycles. The van der Waals surface area contributed by atoms with Crippen molar-refractivity contribution in [1.82, 2.24) is 9.97 Å². The number of hydrogen-bond acceptors (Lipinski definition) is 5. The molecule has 2 rings (SSSR count). The van der Waals surface area contributed by atoms with Crippen molar-refractivity contribution in [1.29, 1.82) is 0 Å². The zero-order valence-electron chi connectivity index (χ0n) is 7.57. The van der Waals surface area contributed by atoms with Crippen LogP contribution < -0.4 is 16.4 Å². The lowest BCUT2D eigenvalue weighted by molar-refractivity contribution is 0.514. The highest BCUT2D eigenvalue weighted by Crippen LogP contribution is 2.18. The molecule has 0 amide bonds. The third-order valence-electron chi connectivity index (χ3n) is 2.09. The molecule has 4 N–H and O–H groups in total. The van der Waals surface area contributed by atoms with E-state index in [9.17, 15) is 0 Å². The first kappa shape index (κ1) is 8.25. The first-order valence-electron chi connectivity index (χ1n) is 4.27. The number of anilines is 2. The fourth-order valence-corrected chi connectivity index (χ4v) is 1.44. The predicted octanol–water partition coefficient (Wildman–Crippen LogP) is -0.485. The van der Waals surface area contributed by atoms with Crippen molar-refractivity contribution in [3.05, 3.63) is 11.8 Å². The predicted molar refractivity (Wildman–Crippen MR) is 51.4 cm³/mol. The zero-order valence-corrected chi connectivity index (χ0v) is 7.57. The van der Waals surface area contributed by atoms with Gasteiger partial charge in [-0.3, -0.25) is 0 Å². The lowest BCUT2D eigenvalue weighted by Gasteiger charge is -2.37. The third-order valence-corrected chi connectivity index (χ3v) is 2.09. The summed E-state index contributed by atoms with van der Waals surface area (Å²) in [5.74, 6) is 1.21. The summed E-state index contributed by atoms with van der Waals surface area (Å²) in [7, 11) is 0. The third kappa shape index (κ3) is 1.55. The number of nitrogens with two attached hydrogens (primary N) is 2. The van der Waals surface area contributed by atoms with Gasteiger partial charge in [0, 0.05) is 30.9 Å². The SMILES string of the molecule is Cc1cc(N2CC(N)C2)nc(N)n1. The molecule has 5 heteroatoms. The lowest BCUT2D eigenvalue weighted by Crippen LogP contribution is -2.56. The molecule has 0 aromatic carbocycles. The first-order chi connectivity index (χ1) is 6.15. The average Bonchev–Trinajstić information content (AvgIpc) is 1.96. The normalized spacial score (nSPS) is 17.2. The highest BCUT2D eigenvalue weighted by molar-refractivity contribution is 5.46. The molecule has 0 saturated carbocycles. The van der Waals surface area contributed by atoms with Crippen LogP contribution in [0.1, 0.15) is 5.69 Å². The molecule has 1 aromatic rings. The molecule has 70 valence electrons. The van der Waals surface area contributed by atoms with Crippen LogP contribution in [0.15, 0.2) is 6.07 Å². The summed E-state index contributed by atoms with van der Waals surface area (Å²) in [4.78, 5) is 10.2. The van der Waals surface area contributed by atoms with Crippen molar-refractivity contribution in [2.45, 2.75) is 13.0 Å². The molecule has 0 unspecified atom stereocenters. The van der Waals surface area contributed by atoms with Gasteiger partial charge in [-0.05, 0) is 6.92 Å². The van der Waals surface area contributed by atoms with Crippen LogP contribution in [0, 0.1) is 6.92 Å². The minimum absolute atomic E-state index is 0.275. The van der Waals surface area contributed by atoms with E-state index in [2.05, 4.69) is 14.9 Å². The summed E-state index contributed by atoms with van der Waals surface area (Å²) < 4.78 is 0. The fourth-order valence-electron chi connectivity index (χ4n) is 1.44. The summed E-state index contributed by atoms with van der Waals surface area (Å²) in [6.07, 6.45) is 0. The van der Waals surface area contributed by atoms with E-state index in [1.54, 1.807) is 0 Å². The van der Waals surface area contributed by atoms with E-state index in [0.29, 0.717) is 5.95 Å². The minimum atomic E-state index is 0.275. The van der Waals surface area contributed by atoms with Gasteiger partial charge in [0.15, 0.2) is 0 Å². The highest BCUT2D eigenvalue weighted by Gasteiger charge is 2.24. The Morgan fingerprint density at radius 1 is 1.46 bits per heavy atom. The van der Waals surface area contributed by atoms with Crippen molar-refractivity contribution in [2.75, 3.05) is 23.7 Å². The Hall–Kier alpha value is -1.36. The zero-order chi connectivity index (χ0) is 9.42. The largest absolute Gasteiger partial charge is 0.368 e. The van der Waals surface area contributed by atoms with Crippen molar-refractivity contribution in [2.24, 2.45) is 5.73 Å². The Balaban J connectivity index is 2.21. The van der Waals surface area contributed by atoms with Gasteiger partial charge in [0.25, 0.3) is 0 Å². The van der Waals surface area contributed by atoms with Gasteiger partial charge in [-0.1, -0.05) is 0 Å². The molecule has 1 aliphatic rings. The number of aromatic nitrogens is 2. The Morgan fingerprint density at radius 2 is 2.15 bits per heavy atom. The van der Waals surface area contributed by atoms with Gasteiger partial charge in [-0.2, -0.15) is 4.98 Å². The maximum absolute atomic E-state index is 5.67. The molecule has 1 saturated heterocycles. The minimum Gasteiger partial charge on any atom is -0.368 e. The van der Waals surface area contributed by atoms with E-state index in [4.69, 9.17) is 11.5 Å². The van der Waals surface area contributed by atoms with Crippen LogP contribution in [0.3, 0.4) is 0 Å². The number of nitrogen functional groups attached to an aromatic ring is 1. The van der Waals surface area contributed by atoms with Gasteiger partial charge in [0.1, 0.15) is 5.82 Å². The lowest BCUT2D eigenvalue weighted by atomic mass is 10.1. The summed E-state index contributed by atoms with van der Waals surface area (Å²) in [5, 5.41) is 0. The van der Waals surface area contributed by atoms with Gasteiger partial charge in [-0.25, -0.2) is 4.98 Å². The second-order valence-electron chi connectivity index (χ2n) is 3.39. The van der Waals surface area contributed by atoms with Gasteiger partial charge in [-0.15, -0.1) is 0 Å². The maximum atomic E-state index is 5.67. The molecule has 0 radical (unpaired) electrons. The summed E-state index contributed by atoms with van der Waals surface area (Å²) in [6, 6.07) is 2.19. The Morgan fingerprint density at radius 3 is 2.69 bits per heavy atom. The number of nitrogens with zero attached hydrogens (tertiary/aromatic N) is 3. The fraction of sp³-hybridized carbons (Fsp3) is 0.500. The molecule has 0 bridgehead atoms. The smallest absolute Gasteiger partial charge is 0.222 e. The molecular weight excluding hydrogens is 166 g/mol. The molecule has 0 spiro atoms. The van der Waals surface area contributed by atoms with E-state index in [1.165, 1.54) is 0 Å². The second kappa shape index (κ2) is 2.85. The van der Waals surface area contributed by atoms with Crippen molar-refractivity contribution < 1.29 is 0 Å².